The molecule has 0 radical (unpaired) electrons. The zero-order valence-electron chi connectivity index (χ0n) is 13.4. The summed E-state index contributed by atoms with van der Waals surface area (Å²) in [7, 11) is 0. The summed E-state index contributed by atoms with van der Waals surface area (Å²) in [5.74, 6) is -0.372. The van der Waals surface area contributed by atoms with Gasteiger partial charge in [-0.2, -0.15) is 0 Å². The first-order chi connectivity index (χ1) is 11.4. The van der Waals surface area contributed by atoms with Crippen LogP contribution in [0.1, 0.15) is 11.1 Å². The number of nitrogens with one attached hydrogen (secondary N) is 3. The number of rotatable bonds is 4. The van der Waals surface area contributed by atoms with Crippen LogP contribution in [-0.4, -0.2) is 17.6 Å². The van der Waals surface area contributed by atoms with Crippen molar-refractivity contribution < 1.29 is 13.9 Å². The molecular formula is C17H18FN3O2S. The largest absolute Gasteiger partial charge is 0.484 e. The molecule has 7 heteroatoms. The lowest BCUT2D eigenvalue weighted by Crippen LogP contribution is -2.45. The van der Waals surface area contributed by atoms with Crippen molar-refractivity contribution in [2.75, 3.05) is 11.9 Å². The monoisotopic (exact) mass is 347 g/mol. The van der Waals surface area contributed by atoms with Crippen molar-refractivity contribution in [3.8, 4) is 5.75 Å². The highest BCUT2D eigenvalue weighted by molar-refractivity contribution is 7.80. The summed E-state index contributed by atoms with van der Waals surface area (Å²) in [5, 5.41) is 3.27. The highest BCUT2D eigenvalue weighted by Gasteiger charge is 2.05. The molecule has 0 fully saturated rings. The summed E-state index contributed by atoms with van der Waals surface area (Å²) < 4.78 is 18.0. The summed E-state index contributed by atoms with van der Waals surface area (Å²) in [6, 6.07) is 11.4. The van der Waals surface area contributed by atoms with Crippen LogP contribution in [0.5, 0.6) is 5.75 Å². The van der Waals surface area contributed by atoms with Crippen LogP contribution in [0.15, 0.2) is 42.5 Å². The zero-order valence-corrected chi connectivity index (χ0v) is 14.2. The van der Waals surface area contributed by atoms with Gasteiger partial charge in [-0.05, 0) is 67.5 Å². The first-order valence-corrected chi connectivity index (χ1v) is 7.66. The van der Waals surface area contributed by atoms with E-state index in [1.54, 1.807) is 0 Å². The van der Waals surface area contributed by atoms with Crippen LogP contribution in [0.25, 0.3) is 0 Å². The molecule has 0 saturated heterocycles. The van der Waals surface area contributed by atoms with Crippen molar-refractivity contribution in [3.63, 3.8) is 0 Å². The van der Waals surface area contributed by atoms with Gasteiger partial charge in [0.2, 0.25) is 0 Å². The number of ether oxygens (including phenoxy) is 1. The van der Waals surface area contributed by atoms with Crippen LogP contribution in [-0.2, 0) is 4.79 Å². The van der Waals surface area contributed by atoms with E-state index in [1.165, 1.54) is 24.3 Å². The average Bonchev–Trinajstić information content (AvgIpc) is 2.56. The van der Waals surface area contributed by atoms with Gasteiger partial charge in [-0.3, -0.25) is 15.6 Å². The average molecular weight is 347 g/mol. The molecule has 126 valence electrons. The van der Waals surface area contributed by atoms with Gasteiger partial charge in [0.1, 0.15) is 11.6 Å². The van der Waals surface area contributed by atoms with E-state index >= 15 is 0 Å². The number of benzene rings is 2. The minimum atomic E-state index is -0.413. The number of aryl methyl sites for hydroxylation is 2. The SMILES string of the molecule is Cc1ccc(C)c(NC(=S)NNC(=O)COc2ccc(F)cc2)c1. The number of carbonyl (C=O) groups excluding carboxylic acids is 1. The zero-order chi connectivity index (χ0) is 17.5. The first kappa shape index (κ1) is 17.7. The number of hydrogen-bond acceptors (Lipinski definition) is 3. The van der Waals surface area contributed by atoms with E-state index in [4.69, 9.17) is 17.0 Å². The molecule has 0 aromatic heterocycles. The van der Waals surface area contributed by atoms with E-state index in [9.17, 15) is 9.18 Å². The van der Waals surface area contributed by atoms with Crippen LogP contribution in [0.4, 0.5) is 10.1 Å². The predicted molar refractivity (Wildman–Crippen MR) is 95.3 cm³/mol. The number of thiocarbonyl (C=S) groups is 1. The number of carbonyl (C=O) groups is 1. The topological polar surface area (TPSA) is 62.4 Å². The Morgan fingerprint density at radius 1 is 1.12 bits per heavy atom. The fraction of sp³-hybridized carbons (Fsp3) is 0.176. The van der Waals surface area contributed by atoms with Crippen molar-refractivity contribution in [2.45, 2.75) is 13.8 Å². The Kier molecular flexibility index (Phi) is 6.08. The van der Waals surface area contributed by atoms with Crippen molar-refractivity contribution in [2.24, 2.45) is 0 Å². The standard InChI is InChI=1S/C17H18FN3O2S/c1-11-3-4-12(2)15(9-11)19-17(24)21-20-16(22)10-23-14-7-5-13(18)6-8-14/h3-9H,10H2,1-2H3,(H,20,22)(H2,19,21,24). The maximum Gasteiger partial charge on any atom is 0.276 e. The molecule has 2 aromatic carbocycles. The molecule has 0 aliphatic carbocycles. The Morgan fingerprint density at radius 3 is 2.54 bits per heavy atom. The molecule has 1 amide bonds. The normalized spacial score (nSPS) is 9.96. The molecule has 0 heterocycles. The van der Waals surface area contributed by atoms with E-state index in [2.05, 4.69) is 16.2 Å². The van der Waals surface area contributed by atoms with Crippen LogP contribution < -0.4 is 20.9 Å². The van der Waals surface area contributed by atoms with E-state index in [0.717, 1.165) is 16.8 Å². The van der Waals surface area contributed by atoms with Gasteiger partial charge in [-0.1, -0.05) is 12.1 Å². The molecular weight excluding hydrogens is 329 g/mol. The quantitative estimate of drug-likeness (QED) is 0.586. The lowest BCUT2D eigenvalue weighted by atomic mass is 10.1. The summed E-state index contributed by atoms with van der Waals surface area (Å²) in [6.45, 7) is 3.72. The van der Waals surface area contributed by atoms with Gasteiger partial charge in [0.05, 0.1) is 0 Å². The third kappa shape index (κ3) is 5.51. The summed E-state index contributed by atoms with van der Waals surface area (Å²) >= 11 is 5.13. The van der Waals surface area contributed by atoms with Crippen LogP contribution >= 0.6 is 12.2 Å². The van der Waals surface area contributed by atoms with E-state index in [-0.39, 0.29) is 17.5 Å². The maximum atomic E-state index is 12.8. The summed E-state index contributed by atoms with van der Waals surface area (Å²) in [6.07, 6.45) is 0. The molecule has 3 N–H and O–H groups in total. The predicted octanol–water partition coefficient (Wildman–Crippen LogP) is 2.84. The van der Waals surface area contributed by atoms with Gasteiger partial charge in [0.25, 0.3) is 5.91 Å². The van der Waals surface area contributed by atoms with Gasteiger partial charge in [0.15, 0.2) is 11.7 Å². The molecule has 0 atom stereocenters. The second-order valence-electron chi connectivity index (χ2n) is 5.19. The maximum absolute atomic E-state index is 12.8. The molecule has 0 saturated carbocycles. The third-order valence-corrected chi connectivity index (χ3v) is 3.34. The van der Waals surface area contributed by atoms with Gasteiger partial charge in [0, 0.05) is 5.69 Å². The minimum Gasteiger partial charge on any atom is -0.484 e. The van der Waals surface area contributed by atoms with E-state index in [0.29, 0.717) is 5.75 Å². The Balaban J connectivity index is 1.75. The molecule has 0 unspecified atom stereocenters. The van der Waals surface area contributed by atoms with Crippen LogP contribution in [0.3, 0.4) is 0 Å². The Bertz CT molecular complexity index is 735. The van der Waals surface area contributed by atoms with Crippen molar-refractivity contribution >= 4 is 28.9 Å². The second kappa shape index (κ2) is 8.26. The summed E-state index contributed by atoms with van der Waals surface area (Å²) in [4.78, 5) is 11.7. The lowest BCUT2D eigenvalue weighted by molar-refractivity contribution is -0.123. The number of anilines is 1. The molecule has 0 spiro atoms. The van der Waals surface area contributed by atoms with Gasteiger partial charge in [-0.25, -0.2) is 4.39 Å². The molecule has 2 aromatic rings. The van der Waals surface area contributed by atoms with E-state index in [1.807, 2.05) is 32.0 Å². The number of hydrazine groups is 1. The second-order valence-corrected chi connectivity index (χ2v) is 5.60. The smallest absolute Gasteiger partial charge is 0.276 e. The van der Waals surface area contributed by atoms with Crippen LogP contribution in [0, 0.1) is 19.7 Å². The van der Waals surface area contributed by atoms with Gasteiger partial charge >= 0.3 is 0 Å². The number of amides is 1. The molecule has 0 aliphatic heterocycles. The Hall–Kier alpha value is -2.67. The number of hydrogen-bond donors (Lipinski definition) is 3. The first-order valence-electron chi connectivity index (χ1n) is 7.25. The molecule has 0 aliphatic rings. The molecule has 2 rings (SSSR count). The van der Waals surface area contributed by atoms with Crippen LogP contribution in [0.2, 0.25) is 0 Å². The van der Waals surface area contributed by atoms with E-state index < -0.39 is 5.91 Å². The van der Waals surface area contributed by atoms with Crippen molar-refractivity contribution in [1.29, 1.82) is 0 Å². The molecule has 5 nitrogen and oxygen atoms in total. The Labute approximate surface area is 145 Å². The Morgan fingerprint density at radius 2 is 1.83 bits per heavy atom. The minimum absolute atomic E-state index is 0.218. The fourth-order valence-electron chi connectivity index (χ4n) is 1.87. The highest BCUT2D eigenvalue weighted by Crippen LogP contribution is 2.16. The molecule has 24 heavy (non-hydrogen) atoms. The van der Waals surface area contributed by atoms with Crippen molar-refractivity contribution in [3.05, 3.63) is 59.4 Å². The third-order valence-electron chi connectivity index (χ3n) is 3.14. The molecule has 0 bridgehead atoms. The summed E-state index contributed by atoms with van der Waals surface area (Å²) in [5.41, 5.74) is 8.03. The highest BCUT2D eigenvalue weighted by atomic mass is 32.1. The lowest BCUT2D eigenvalue weighted by Gasteiger charge is -2.14. The number of halogens is 1. The van der Waals surface area contributed by atoms with Crippen molar-refractivity contribution in [1.82, 2.24) is 10.9 Å². The fourth-order valence-corrected chi connectivity index (χ4v) is 2.03. The van der Waals surface area contributed by atoms with Gasteiger partial charge in [-0.15, -0.1) is 0 Å². The van der Waals surface area contributed by atoms with Gasteiger partial charge < -0.3 is 10.1 Å².